The van der Waals surface area contributed by atoms with Gasteiger partial charge in [0.1, 0.15) is 23.6 Å². The SMILES string of the molecule is CC(C)(C)OC(=O)N1CC[C@@H](Nc2cccc(-n3cnc4ccccc43)n2)C1. The zero-order valence-electron chi connectivity index (χ0n) is 16.4. The molecule has 146 valence electrons. The number of likely N-dealkylation sites (tertiary alicyclic amines) is 1. The summed E-state index contributed by atoms with van der Waals surface area (Å²) in [7, 11) is 0. The average Bonchev–Trinajstić information content (AvgIpc) is 3.27. The van der Waals surface area contributed by atoms with Crippen LogP contribution in [-0.2, 0) is 4.74 Å². The van der Waals surface area contributed by atoms with E-state index in [9.17, 15) is 4.79 Å². The van der Waals surface area contributed by atoms with Gasteiger partial charge in [-0.2, -0.15) is 0 Å². The second-order valence-corrected chi connectivity index (χ2v) is 8.04. The van der Waals surface area contributed by atoms with Crippen LogP contribution in [0.25, 0.3) is 16.9 Å². The minimum absolute atomic E-state index is 0.148. The number of para-hydroxylation sites is 2. The Hall–Kier alpha value is -3.09. The van der Waals surface area contributed by atoms with E-state index in [1.807, 2.05) is 67.8 Å². The molecule has 1 fully saturated rings. The maximum Gasteiger partial charge on any atom is 0.410 e. The number of carbonyl (C=O) groups excluding carboxylic acids is 1. The summed E-state index contributed by atoms with van der Waals surface area (Å²) in [6.07, 6.45) is 2.39. The van der Waals surface area contributed by atoms with Crippen LogP contribution in [0.3, 0.4) is 0 Å². The number of imidazole rings is 1. The Balaban J connectivity index is 1.45. The van der Waals surface area contributed by atoms with E-state index < -0.39 is 5.60 Å². The van der Waals surface area contributed by atoms with Gasteiger partial charge in [0.25, 0.3) is 0 Å². The Morgan fingerprint density at radius 3 is 2.82 bits per heavy atom. The van der Waals surface area contributed by atoms with E-state index >= 15 is 0 Å². The Morgan fingerprint density at radius 2 is 2.00 bits per heavy atom. The Labute approximate surface area is 164 Å². The van der Waals surface area contributed by atoms with E-state index in [1.54, 1.807) is 11.2 Å². The van der Waals surface area contributed by atoms with Gasteiger partial charge in [0.15, 0.2) is 0 Å². The molecule has 1 amide bonds. The van der Waals surface area contributed by atoms with Crippen LogP contribution in [0.15, 0.2) is 48.8 Å². The number of anilines is 1. The van der Waals surface area contributed by atoms with E-state index in [0.29, 0.717) is 13.1 Å². The van der Waals surface area contributed by atoms with Crippen molar-refractivity contribution in [1.29, 1.82) is 0 Å². The normalized spacial score (nSPS) is 17.1. The molecule has 2 aromatic heterocycles. The van der Waals surface area contributed by atoms with Crippen LogP contribution in [0.1, 0.15) is 27.2 Å². The number of pyridine rings is 1. The number of fused-ring (bicyclic) bond motifs is 1. The number of hydrogen-bond donors (Lipinski definition) is 1. The van der Waals surface area contributed by atoms with E-state index in [0.717, 1.165) is 29.1 Å². The fourth-order valence-corrected chi connectivity index (χ4v) is 3.36. The van der Waals surface area contributed by atoms with Gasteiger partial charge in [0.2, 0.25) is 0 Å². The smallest absolute Gasteiger partial charge is 0.410 e. The molecular weight excluding hydrogens is 354 g/mol. The molecule has 3 heterocycles. The summed E-state index contributed by atoms with van der Waals surface area (Å²) in [6.45, 7) is 6.93. The molecule has 1 aromatic carbocycles. The molecule has 0 bridgehead atoms. The number of amides is 1. The first-order chi connectivity index (χ1) is 13.4. The monoisotopic (exact) mass is 379 g/mol. The third-order valence-electron chi connectivity index (χ3n) is 4.63. The van der Waals surface area contributed by atoms with Gasteiger partial charge in [-0.3, -0.25) is 4.57 Å². The number of carbonyl (C=O) groups is 1. The highest BCUT2D eigenvalue weighted by molar-refractivity contribution is 5.76. The highest BCUT2D eigenvalue weighted by Gasteiger charge is 2.29. The average molecular weight is 379 g/mol. The van der Waals surface area contributed by atoms with Crippen LogP contribution in [-0.4, -0.2) is 50.3 Å². The lowest BCUT2D eigenvalue weighted by Crippen LogP contribution is -2.36. The highest BCUT2D eigenvalue weighted by Crippen LogP contribution is 2.20. The molecule has 3 aromatic rings. The maximum atomic E-state index is 12.2. The van der Waals surface area contributed by atoms with Crippen molar-refractivity contribution in [2.24, 2.45) is 0 Å². The number of aromatic nitrogens is 3. The standard InChI is InChI=1S/C21H25N5O2/c1-21(2,3)28-20(27)25-12-11-15(13-25)23-18-9-6-10-19(24-18)26-14-22-16-7-4-5-8-17(16)26/h4-10,14-15H,11-13H2,1-3H3,(H,23,24)/t15-/m1/s1. The second-order valence-electron chi connectivity index (χ2n) is 8.04. The summed E-state index contributed by atoms with van der Waals surface area (Å²) in [5.74, 6) is 1.59. The van der Waals surface area contributed by atoms with E-state index in [4.69, 9.17) is 9.72 Å². The van der Waals surface area contributed by atoms with E-state index in [1.165, 1.54) is 0 Å². The van der Waals surface area contributed by atoms with Crippen molar-refractivity contribution in [3.05, 3.63) is 48.8 Å². The number of hydrogen-bond acceptors (Lipinski definition) is 5. The van der Waals surface area contributed by atoms with Crippen molar-refractivity contribution in [1.82, 2.24) is 19.4 Å². The topological polar surface area (TPSA) is 72.3 Å². The van der Waals surface area contributed by atoms with Crippen LogP contribution in [0.4, 0.5) is 10.6 Å². The van der Waals surface area contributed by atoms with Crippen LogP contribution >= 0.6 is 0 Å². The summed E-state index contributed by atoms with van der Waals surface area (Å²) >= 11 is 0. The summed E-state index contributed by atoms with van der Waals surface area (Å²) < 4.78 is 7.44. The number of benzene rings is 1. The largest absolute Gasteiger partial charge is 0.444 e. The van der Waals surface area contributed by atoms with Crippen molar-refractivity contribution in [3.8, 4) is 5.82 Å². The zero-order chi connectivity index (χ0) is 19.7. The molecule has 1 aliphatic rings. The second kappa shape index (κ2) is 7.14. The molecule has 1 aliphatic heterocycles. The lowest BCUT2D eigenvalue weighted by atomic mass is 10.2. The van der Waals surface area contributed by atoms with Crippen molar-refractivity contribution in [2.75, 3.05) is 18.4 Å². The quantitative estimate of drug-likeness (QED) is 0.748. The first kappa shape index (κ1) is 18.3. The van der Waals surface area contributed by atoms with E-state index in [2.05, 4.69) is 10.3 Å². The highest BCUT2D eigenvalue weighted by atomic mass is 16.6. The van der Waals surface area contributed by atoms with Gasteiger partial charge < -0.3 is 15.0 Å². The Bertz CT molecular complexity index is 992. The van der Waals surface area contributed by atoms with Crippen molar-refractivity contribution in [3.63, 3.8) is 0 Å². The molecule has 28 heavy (non-hydrogen) atoms. The van der Waals surface area contributed by atoms with Crippen LogP contribution < -0.4 is 5.32 Å². The van der Waals surface area contributed by atoms with Gasteiger partial charge in [0, 0.05) is 19.1 Å². The molecule has 1 saturated heterocycles. The lowest BCUT2D eigenvalue weighted by molar-refractivity contribution is 0.0293. The van der Waals surface area contributed by atoms with Gasteiger partial charge in [-0.15, -0.1) is 0 Å². The Morgan fingerprint density at radius 1 is 1.18 bits per heavy atom. The Kier molecular flexibility index (Phi) is 4.66. The fourth-order valence-electron chi connectivity index (χ4n) is 3.36. The van der Waals surface area contributed by atoms with Gasteiger partial charge in [0.05, 0.1) is 11.0 Å². The van der Waals surface area contributed by atoms with Gasteiger partial charge >= 0.3 is 6.09 Å². The van der Waals surface area contributed by atoms with E-state index in [-0.39, 0.29) is 12.1 Å². The number of ether oxygens (including phenoxy) is 1. The molecule has 0 unspecified atom stereocenters. The molecule has 0 radical (unpaired) electrons. The molecule has 0 saturated carbocycles. The molecule has 0 aliphatic carbocycles. The summed E-state index contributed by atoms with van der Waals surface area (Å²) in [4.78, 5) is 23.2. The van der Waals surface area contributed by atoms with Gasteiger partial charge in [-0.1, -0.05) is 18.2 Å². The molecule has 1 N–H and O–H groups in total. The molecule has 1 atom stereocenters. The van der Waals surface area contributed by atoms with Crippen LogP contribution in [0.2, 0.25) is 0 Å². The summed E-state index contributed by atoms with van der Waals surface area (Å²) in [5.41, 5.74) is 1.47. The minimum atomic E-state index is -0.480. The number of rotatable bonds is 3. The fraction of sp³-hybridized carbons (Fsp3) is 0.381. The van der Waals surface area contributed by atoms with Gasteiger partial charge in [-0.25, -0.2) is 14.8 Å². The molecule has 7 nitrogen and oxygen atoms in total. The molecule has 4 rings (SSSR count). The van der Waals surface area contributed by atoms with Gasteiger partial charge in [-0.05, 0) is 51.5 Å². The zero-order valence-corrected chi connectivity index (χ0v) is 16.4. The summed E-state index contributed by atoms with van der Waals surface area (Å²) in [6, 6.07) is 14.0. The lowest BCUT2D eigenvalue weighted by Gasteiger charge is -2.24. The number of nitrogens with one attached hydrogen (secondary N) is 1. The third-order valence-corrected chi connectivity index (χ3v) is 4.63. The van der Waals surface area contributed by atoms with Crippen molar-refractivity contribution >= 4 is 22.9 Å². The van der Waals surface area contributed by atoms with Crippen LogP contribution in [0, 0.1) is 0 Å². The molecular formula is C21H25N5O2. The summed E-state index contributed by atoms with van der Waals surface area (Å²) in [5, 5.41) is 3.44. The minimum Gasteiger partial charge on any atom is -0.444 e. The van der Waals surface area contributed by atoms with Crippen molar-refractivity contribution < 1.29 is 9.53 Å². The third kappa shape index (κ3) is 3.93. The first-order valence-corrected chi connectivity index (χ1v) is 9.53. The maximum absolute atomic E-state index is 12.2. The van der Waals surface area contributed by atoms with Crippen molar-refractivity contribution in [2.45, 2.75) is 38.8 Å². The predicted octanol–water partition coefficient (Wildman–Crippen LogP) is 3.84. The first-order valence-electron chi connectivity index (χ1n) is 9.53. The number of nitrogens with zero attached hydrogens (tertiary/aromatic N) is 4. The molecule has 7 heteroatoms. The molecule has 0 spiro atoms. The van der Waals surface area contributed by atoms with Crippen LogP contribution in [0.5, 0.6) is 0 Å². The predicted molar refractivity (Wildman–Crippen MR) is 109 cm³/mol.